The van der Waals surface area contributed by atoms with Crippen molar-refractivity contribution < 1.29 is 8.23 Å². The molecule has 2 rings (SSSR count). The molecule has 94 valence electrons. The van der Waals surface area contributed by atoms with Crippen LogP contribution < -0.4 is 0 Å². The molecule has 0 spiro atoms. The van der Waals surface area contributed by atoms with E-state index in [0.717, 1.165) is 10.5 Å². The summed E-state index contributed by atoms with van der Waals surface area (Å²) in [5.74, 6) is 0. The van der Waals surface area contributed by atoms with E-state index in [2.05, 4.69) is 60.7 Å². The Bertz CT molecular complexity index is 411. The predicted octanol–water partition coefficient (Wildman–Crippen LogP) is 0.172. The molecule has 5 heteroatoms. The molecule has 2 aromatic carbocycles. The van der Waals surface area contributed by atoms with Crippen LogP contribution in [0.5, 0.6) is 0 Å². The number of benzene rings is 2. The summed E-state index contributed by atoms with van der Waals surface area (Å²) in [5.41, 5.74) is 3.16. The third-order valence-electron chi connectivity index (χ3n) is 2.89. The van der Waals surface area contributed by atoms with Crippen LogP contribution in [0, 0.1) is 0 Å². The number of hydrogen-bond donors (Lipinski definition) is 0. The van der Waals surface area contributed by atoms with Gasteiger partial charge in [-0.3, -0.25) is 0 Å². The van der Waals surface area contributed by atoms with Gasteiger partial charge in [-0.2, -0.15) is 0 Å². The maximum Gasteiger partial charge on any atom is 0.282 e. The van der Waals surface area contributed by atoms with Gasteiger partial charge in [0.15, 0.2) is 9.76 Å². The fraction of sp³-hybridized carbons (Fsp3) is 0.0769. The van der Waals surface area contributed by atoms with E-state index in [9.17, 15) is 0 Å². The second-order valence-electron chi connectivity index (χ2n) is 4.15. The summed E-state index contributed by atoms with van der Waals surface area (Å²) in [6.45, 7) is 0. The van der Waals surface area contributed by atoms with Crippen molar-refractivity contribution >= 4 is 30.3 Å². The molecule has 0 saturated heterocycles. The highest BCUT2D eigenvalue weighted by molar-refractivity contribution is 6.43. The summed E-state index contributed by atoms with van der Waals surface area (Å²) in [6, 6.07) is 21.3. The Balaban J connectivity index is 2.18. The fourth-order valence-corrected chi connectivity index (χ4v) is 6.43. The molecule has 18 heavy (non-hydrogen) atoms. The highest BCUT2D eigenvalue weighted by Gasteiger charge is 2.14. The van der Waals surface area contributed by atoms with E-state index in [1.807, 2.05) is 0 Å². The third-order valence-corrected chi connectivity index (χ3v) is 6.72. The van der Waals surface area contributed by atoms with Crippen LogP contribution in [0.2, 0.25) is 0 Å². The summed E-state index contributed by atoms with van der Waals surface area (Å²) in [4.78, 5) is 0. The van der Waals surface area contributed by atoms with Crippen LogP contribution in [-0.2, 0) is 8.23 Å². The molecule has 0 unspecified atom stereocenters. The van der Waals surface area contributed by atoms with E-state index in [1.165, 1.54) is 11.1 Å². The molecule has 0 saturated carbocycles. The van der Waals surface area contributed by atoms with Crippen LogP contribution in [0.3, 0.4) is 0 Å². The first-order valence-corrected chi connectivity index (χ1v) is 9.45. The van der Waals surface area contributed by atoms with Gasteiger partial charge in [-0.1, -0.05) is 60.7 Å². The minimum absolute atomic E-state index is 0.441. The van der Waals surface area contributed by atoms with Crippen LogP contribution >= 0.6 is 0 Å². The summed E-state index contributed by atoms with van der Waals surface area (Å²) >= 11 is 0. The molecule has 0 aromatic heterocycles. The summed E-state index contributed by atoms with van der Waals surface area (Å²) < 4.78 is 11.1. The lowest BCUT2D eigenvalue weighted by Gasteiger charge is -2.17. The van der Waals surface area contributed by atoms with Gasteiger partial charge in [-0.15, -0.1) is 0 Å². The van der Waals surface area contributed by atoms with Crippen LogP contribution in [0.4, 0.5) is 0 Å². The molecule has 0 atom stereocenters. The van der Waals surface area contributed by atoms with Crippen LogP contribution in [-0.4, -0.2) is 30.3 Å². The monoisotopic (exact) mass is 290 g/mol. The number of rotatable bonds is 6. The normalized spacial score (nSPS) is 12.3. The molecular formula is C13H18O2Si3. The van der Waals surface area contributed by atoms with Crippen LogP contribution in [0.25, 0.3) is 0 Å². The van der Waals surface area contributed by atoms with Gasteiger partial charge < -0.3 is 8.23 Å². The van der Waals surface area contributed by atoms with Crippen molar-refractivity contribution in [3.8, 4) is 0 Å². The molecule has 0 aliphatic rings. The molecule has 0 bridgehead atoms. The van der Waals surface area contributed by atoms with E-state index in [1.54, 1.807) is 0 Å². The van der Waals surface area contributed by atoms with E-state index >= 15 is 0 Å². The standard InChI is InChI=1S/C13H18O2Si3/c16-14-18-15-17-13(11-7-3-1-4-8-11)12-9-5-2-6-10-12/h1-10,13H,17-18H2,16H3. The van der Waals surface area contributed by atoms with E-state index in [4.69, 9.17) is 8.23 Å². The maximum absolute atomic E-state index is 5.84. The molecular weight excluding hydrogens is 272 g/mol. The Kier molecular flexibility index (Phi) is 5.56. The van der Waals surface area contributed by atoms with E-state index in [0.29, 0.717) is 5.54 Å². The Hall–Kier alpha value is -0.989. The zero-order valence-electron chi connectivity index (χ0n) is 10.6. The zero-order chi connectivity index (χ0) is 12.6. The van der Waals surface area contributed by atoms with Crippen molar-refractivity contribution in [1.82, 2.24) is 0 Å². The van der Waals surface area contributed by atoms with Crippen LogP contribution in [0.15, 0.2) is 60.7 Å². The van der Waals surface area contributed by atoms with Crippen molar-refractivity contribution in [2.75, 3.05) is 0 Å². The summed E-state index contributed by atoms with van der Waals surface area (Å²) in [5, 5.41) is 0. The first-order valence-electron chi connectivity index (χ1n) is 6.08. The quantitative estimate of drug-likeness (QED) is 0.558. The average molecular weight is 291 g/mol. The van der Waals surface area contributed by atoms with Gasteiger partial charge in [0.05, 0.1) is 0 Å². The minimum Gasteiger partial charge on any atom is -0.449 e. The lowest BCUT2D eigenvalue weighted by molar-refractivity contribution is 0.498. The molecule has 0 fully saturated rings. The molecule has 0 heterocycles. The highest BCUT2D eigenvalue weighted by Crippen LogP contribution is 2.23. The van der Waals surface area contributed by atoms with E-state index in [-0.39, 0.29) is 0 Å². The van der Waals surface area contributed by atoms with Crippen molar-refractivity contribution in [2.24, 2.45) is 0 Å². The summed E-state index contributed by atoms with van der Waals surface area (Å²) in [7, 11) is -0.532. The molecule has 0 radical (unpaired) electrons. The Morgan fingerprint density at radius 3 is 1.78 bits per heavy atom. The smallest absolute Gasteiger partial charge is 0.282 e. The van der Waals surface area contributed by atoms with Gasteiger partial charge in [-0.25, -0.2) is 0 Å². The largest absolute Gasteiger partial charge is 0.449 e. The molecule has 2 nitrogen and oxygen atoms in total. The van der Waals surface area contributed by atoms with Gasteiger partial charge >= 0.3 is 0 Å². The maximum atomic E-state index is 5.84. The molecule has 0 amide bonds. The summed E-state index contributed by atoms with van der Waals surface area (Å²) in [6.07, 6.45) is 0. The Labute approximate surface area is 116 Å². The SMILES string of the molecule is [SiH3]O[SiH2]O[SiH2]C(c1ccccc1)c1ccccc1. The fourth-order valence-electron chi connectivity index (χ4n) is 2.00. The highest BCUT2D eigenvalue weighted by atomic mass is 28.3. The van der Waals surface area contributed by atoms with Gasteiger partial charge in [0, 0.05) is 5.54 Å². The average Bonchev–Trinajstić information content (AvgIpc) is 2.46. The molecule has 2 aromatic rings. The topological polar surface area (TPSA) is 18.5 Å². The van der Waals surface area contributed by atoms with Gasteiger partial charge in [0.25, 0.3) is 10.0 Å². The lowest BCUT2D eigenvalue weighted by atomic mass is 10.0. The molecule has 0 N–H and O–H groups in total. The van der Waals surface area contributed by atoms with Crippen molar-refractivity contribution in [3.05, 3.63) is 71.8 Å². The Morgan fingerprint density at radius 1 is 0.833 bits per heavy atom. The third kappa shape index (κ3) is 3.76. The van der Waals surface area contributed by atoms with Gasteiger partial charge in [0.2, 0.25) is 0 Å². The first kappa shape index (κ1) is 13.4. The second-order valence-corrected chi connectivity index (χ2v) is 9.48. The zero-order valence-corrected chi connectivity index (χ0v) is 15.4. The van der Waals surface area contributed by atoms with Crippen molar-refractivity contribution in [3.63, 3.8) is 0 Å². The molecule has 0 aliphatic carbocycles. The van der Waals surface area contributed by atoms with Gasteiger partial charge in [-0.05, 0) is 11.1 Å². The first-order chi connectivity index (χ1) is 8.92. The predicted molar refractivity (Wildman–Crippen MR) is 83.9 cm³/mol. The van der Waals surface area contributed by atoms with E-state index < -0.39 is 19.8 Å². The minimum atomic E-state index is -0.707. The number of hydrogen-bond acceptors (Lipinski definition) is 2. The lowest BCUT2D eigenvalue weighted by Crippen LogP contribution is -2.16. The molecule has 0 aliphatic heterocycles. The van der Waals surface area contributed by atoms with Crippen molar-refractivity contribution in [2.45, 2.75) is 5.54 Å². The Morgan fingerprint density at radius 2 is 1.33 bits per heavy atom. The second kappa shape index (κ2) is 7.45. The van der Waals surface area contributed by atoms with Crippen LogP contribution in [0.1, 0.15) is 16.7 Å². The van der Waals surface area contributed by atoms with Crippen molar-refractivity contribution in [1.29, 1.82) is 0 Å². The van der Waals surface area contributed by atoms with Gasteiger partial charge in [0.1, 0.15) is 10.5 Å².